The van der Waals surface area contributed by atoms with Gasteiger partial charge < -0.3 is 25.6 Å². The molecule has 0 aromatic heterocycles. The lowest BCUT2D eigenvalue weighted by molar-refractivity contribution is -0.140. The van der Waals surface area contributed by atoms with Crippen LogP contribution in [0.25, 0.3) is 0 Å². The van der Waals surface area contributed by atoms with Crippen LogP contribution in [0.3, 0.4) is 0 Å². The molecule has 1 rings (SSSR count). The van der Waals surface area contributed by atoms with E-state index in [1.807, 2.05) is 6.92 Å². The molecule has 0 aliphatic carbocycles. The molecule has 0 spiro atoms. The number of nitrogens with one attached hydrogen (secondary N) is 2. The number of amides is 2. The maximum atomic E-state index is 11.6. The first-order valence-electron chi connectivity index (χ1n) is 6.03. The molecule has 2 unspecified atom stereocenters. The Morgan fingerprint density at radius 2 is 2.05 bits per heavy atom. The van der Waals surface area contributed by atoms with Crippen molar-refractivity contribution in [1.29, 1.82) is 0 Å². The highest BCUT2D eigenvalue weighted by Crippen LogP contribution is 2.12. The lowest BCUT2D eigenvalue weighted by atomic mass is 10.1. The summed E-state index contributed by atoms with van der Waals surface area (Å²) in [6, 6.07) is -2.00. The maximum absolute atomic E-state index is 11.6. The summed E-state index contributed by atoms with van der Waals surface area (Å²) in [4.78, 5) is 32.9. The van der Waals surface area contributed by atoms with Gasteiger partial charge in [-0.1, -0.05) is 0 Å². The second kappa shape index (κ2) is 6.93. The van der Waals surface area contributed by atoms with Crippen LogP contribution < -0.4 is 10.6 Å². The number of urea groups is 1. The molecule has 19 heavy (non-hydrogen) atoms. The van der Waals surface area contributed by atoms with E-state index in [9.17, 15) is 14.4 Å². The van der Waals surface area contributed by atoms with Crippen molar-refractivity contribution < 1.29 is 29.3 Å². The summed E-state index contributed by atoms with van der Waals surface area (Å²) in [7, 11) is 0. The van der Waals surface area contributed by atoms with Crippen LogP contribution in [0.15, 0.2) is 0 Å². The Kier molecular flexibility index (Phi) is 5.56. The molecule has 3 atom stereocenters. The summed E-state index contributed by atoms with van der Waals surface area (Å²) in [5.41, 5.74) is 0. The second-order valence-corrected chi connectivity index (χ2v) is 4.41. The van der Waals surface area contributed by atoms with E-state index < -0.39 is 24.0 Å². The summed E-state index contributed by atoms with van der Waals surface area (Å²) >= 11 is 0. The largest absolute Gasteiger partial charge is 0.481 e. The number of aliphatic carboxylic acids is 2. The van der Waals surface area contributed by atoms with E-state index in [0.717, 1.165) is 0 Å². The Morgan fingerprint density at radius 3 is 2.53 bits per heavy atom. The third kappa shape index (κ3) is 5.12. The minimum absolute atomic E-state index is 0.118. The molecule has 0 aromatic rings. The average Bonchev–Trinajstić information content (AvgIpc) is 2.69. The van der Waals surface area contributed by atoms with Crippen LogP contribution in [0.4, 0.5) is 4.79 Å². The van der Waals surface area contributed by atoms with Crippen molar-refractivity contribution in [3.8, 4) is 0 Å². The number of ether oxygens (including phenoxy) is 1. The maximum Gasteiger partial charge on any atom is 0.326 e. The van der Waals surface area contributed by atoms with Gasteiger partial charge in [-0.3, -0.25) is 4.79 Å². The van der Waals surface area contributed by atoms with Crippen molar-refractivity contribution in [2.24, 2.45) is 0 Å². The molecule has 8 nitrogen and oxygen atoms in total. The van der Waals surface area contributed by atoms with E-state index in [1.54, 1.807) is 0 Å². The van der Waals surface area contributed by atoms with E-state index in [0.29, 0.717) is 13.0 Å². The van der Waals surface area contributed by atoms with Crippen molar-refractivity contribution >= 4 is 18.0 Å². The number of carbonyl (C=O) groups excluding carboxylic acids is 1. The number of rotatable bonds is 6. The van der Waals surface area contributed by atoms with Gasteiger partial charge in [0.25, 0.3) is 0 Å². The third-order valence-electron chi connectivity index (χ3n) is 2.94. The molecular formula is C11H18N2O6. The van der Waals surface area contributed by atoms with Crippen molar-refractivity contribution in [3.05, 3.63) is 0 Å². The molecule has 8 heteroatoms. The predicted octanol–water partition coefficient (Wildman–Crippen LogP) is -0.219. The Balaban J connectivity index is 2.42. The topological polar surface area (TPSA) is 125 Å². The summed E-state index contributed by atoms with van der Waals surface area (Å²) in [5, 5.41) is 22.3. The Bertz CT molecular complexity index is 359. The fourth-order valence-corrected chi connectivity index (χ4v) is 1.81. The smallest absolute Gasteiger partial charge is 0.326 e. The van der Waals surface area contributed by atoms with Gasteiger partial charge in [0.05, 0.1) is 12.1 Å². The van der Waals surface area contributed by atoms with E-state index in [-0.39, 0.29) is 25.0 Å². The molecule has 0 aromatic carbocycles. The quantitative estimate of drug-likeness (QED) is 0.530. The molecule has 1 aliphatic rings. The SMILES string of the molecule is CC1OCCC1NC(=O)N[C@@H](CCC(=O)O)C(=O)O. The van der Waals surface area contributed by atoms with Crippen molar-refractivity contribution in [3.63, 3.8) is 0 Å². The normalized spacial score (nSPS) is 23.6. The van der Waals surface area contributed by atoms with Gasteiger partial charge in [0, 0.05) is 13.0 Å². The zero-order chi connectivity index (χ0) is 14.4. The Labute approximate surface area is 110 Å². The zero-order valence-electron chi connectivity index (χ0n) is 10.6. The standard InChI is InChI=1S/C11H18N2O6/c1-6-7(4-5-19-6)12-11(18)13-8(10(16)17)2-3-9(14)15/h6-8H,2-5H2,1H3,(H,14,15)(H,16,17)(H2,12,13,18)/t6?,7?,8-/m0/s1. The van der Waals surface area contributed by atoms with Gasteiger partial charge in [0.15, 0.2) is 0 Å². The number of carboxylic acid groups (broad SMARTS) is 2. The summed E-state index contributed by atoms with van der Waals surface area (Å²) in [6.07, 6.45) is 0.0734. The van der Waals surface area contributed by atoms with Gasteiger partial charge in [-0.05, 0) is 19.8 Å². The third-order valence-corrected chi connectivity index (χ3v) is 2.94. The van der Waals surface area contributed by atoms with Crippen LogP contribution in [0, 0.1) is 0 Å². The van der Waals surface area contributed by atoms with Crippen LogP contribution in [-0.2, 0) is 14.3 Å². The van der Waals surface area contributed by atoms with Crippen LogP contribution >= 0.6 is 0 Å². The van der Waals surface area contributed by atoms with Gasteiger partial charge in [-0.2, -0.15) is 0 Å². The molecule has 4 N–H and O–H groups in total. The van der Waals surface area contributed by atoms with Gasteiger partial charge in [-0.15, -0.1) is 0 Å². The van der Waals surface area contributed by atoms with E-state index in [2.05, 4.69) is 10.6 Å². The van der Waals surface area contributed by atoms with Crippen LogP contribution in [0.2, 0.25) is 0 Å². The summed E-state index contributed by atoms with van der Waals surface area (Å²) in [6.45, 7) is 2.37. The minimum Gasteiger partial charge on any atom is -0.481 e. The van der Waals surface area contributed by atoms with Gasteiger partial charge in [-0.25, -0.2) is 9.59 Å². The summed E-state index contributed by atoms with van der Waals surface area (Å²) in [5.74, 6) is -2.36. The van der Waals surface area contributed by atoms with Gasteiger partial charge in [0.2, 0.25) is 0 Å². The average molecular weight is 274 g/mol. The number of carbonyl (C=O) groups is 3. The highest BCUT2D eigenvalue weighted by molar-refractivity contribution is 5.83. The lowest BCUT2D eigenvalue weighted by Crippen LogP contribution is -2.50. The lowest BCUT2D eigenvalue weighted by Gasteiger charge is -2.19. The number of carboxylic acids is 2. The molecule has 1 aliphatic heterocycles. The molecular weight excluding hydrogens is 256 g/mol. The second-order valence-electron chi connectivity index (χ2n) is 4.41. The Hall–Kier alpha value is -1.83. The fraction of sp³-hybridized carbons (Fsp3) is 0.727. The van der Waals surface area contributed by atoms with Crippen LogP contribution in [0.1, 0.15) is 26.2 Å². The molecule has 1 fully saturated rings. The monoisotopic (exact) mass is 274 g/mol. The molecule has 108 valence electrons. The van der Waals surface area contributed by atoms with Crippen molar-refractivity contribution in [1.82, 2.24) is 10.6 Å². The van der Waals surface area contributed by atoms with E-state index in [4.69, 9.17) is 14.9 Å². The predicted molar refractivity (Wildman–Crippen MR) is 63.8 cm³/mol. The summed E-state index contributed by atoms with van der Waals surface area (Å²) < 4.78 is 5.26. The van der Waals surface area contributed by atoms with E-state index in [1.165, 1.54) is 0 Å². The van der Waals surface area contributed by atoms with Crippen LogP contribution in [-0.4, -0.2) is 53.0 Å². The first kappa shape index (κ1) is 15.2. The molecule has 2 amide bonds. The Morgan fingerprint density at radius 1 is 1.37 bits per heavy atom. The van der Waals surface area contributed by atoms with Crippen molar-refractivity contribution in [2.45, 2.75) is 44.4 Å². The number of hydrogen-bond acceptors (Lipinski definition) is 4. The molecule has 0 saturated carbocycles. The van der Waals surface area contributed by atoms with Gasteiger partial charge in [0.1, 0.15) is 6.04 Å². The minimum atomic E-state index is -1.26. The highest BCUT2D eigenvalue weighted by atomic mass is 16.5. The first-order valence-corrected chi connectivity index (χ1v) is 6.03. The zero-order valence-corrected chi connectivity index (χ0v) is 10.6. The van der Waals surface area contributed by atoms with E-state index >= 15 is 0 Å². The molecule has 0 bridgehead atoms. The van der Waals surface area contributed by atoms with Crippen LogP contribution in [0.5, 0.6) is 0 Å². The first-order chi connectivity index (χ1) is 8.90. The molecule has 1 heterocycles. The molecule has 1 saturated heterocycles. The highest BCUT2D eigenvalue weighted by Gasteiger charge is 2.27. The molecule has 0 radical (unpaired) electrons. The van der Waals surface area contributed by atoms with Crippen molar-refractivity contribution in [2.75, 3.05) is 6.61 Å². The fourth-order valence-electron chi connectivity index (χ4n) is 1.81. The van der Waals surface area contributed by atoms with Gasteiger partial charge >= 0.3 is 18.0 Å². The number of hydrogen-bond donors (Lipinski definition) is 4.